The van der Waals surface area contributed by atoms with E-state index in [0.717, 1.165) is 11.1 Å². The van der Waals surface area contributed by atoms with Crippen molar-refractivity contribution in [2.75, 3.05) is 40.8 Å². The molecule has 0 unspecified atom stereocenters. The van der Waals surface area contributed by atoms with Crippen LogP contribution < -0.4 is 4.74 Å². The Bertz CT molecular complexity index is 1570. The van der Waals surface area contributed by atoms with Gasteiger partial charge in [0.25, 0.3) is 5.91 Å². The Kier molecular flexibility index (Phi) is 9.91. The van der Waals surface area contributed by atoms with E-state index >= 15 is 0 Å². The highest BCUT2D eigenvalue weighted by molar-refractivity contribution is 7.89. The number of amides is 1. The van der Waals surface area contributed by atoms with Gasteiger partial charge in [-0.15, -0.1) is 0 Å². The summed E-state index contributed by atoms with van der Waals surface area (Å²) in [5, 5.41) is 19.5. The van der Waals surface area contributed by atoms with Gasteiger partial charge in [-0.05, 0) is 61.0 Å². The van der Waals surface area contributed by atoms with Gasteiger partial charge in [-0.2, -0.15) is 4.31 Å². The van der Waals surface area contributed by atoms with Gasteiger partial charge < -0.3 is 19.8 Å². The number of aliphatic hydroxyl groups excluding tert-OH is 1. The van der Waals surface area contributed by atoms with Crippen molar-refractivity contribution in [3.05, 3.63) is 83.4 Å². The molecule has 10 nitrogen and oxygen atoms in total. The third kappa shape index (κ3) is 7.07. The summed E-state index contributed by atoms with van der Waals surface area (Å²) in [4.78, 5) is 27.5. The molecule has 0 aliphatic carbocycles. The first kappa shape index (κ1) is 32.2. The number of ether oxygens (including phenoxy) is 1. The molecule has 4 rings (SSSR count). The van der Waals surface area contributed by atoms with Crippen LogP contribution in [0, 0.1) is 5.92 Å². The fraction of sp³-hybridized carbons (Fsp3) is 0.375. The topological polar surface area (TPSA) is 128 Å². The molecule has 1 aliphatic heterocycles. The highest BCUT2D eigenvalue weighted by Crippen LogP contribution is 2.36. The maximum atomic E-state index is 13.9. The van der Waals surface area contributed by atoms with Gasteiger partial charge in [-0.25, -0.2) is 13.2 Å². The van der Waals surface area contributed by atoms with Gasteiger partial charge in [0.1, 0.15) is 16.7 Å². The third-order valence-electron chi connectivity index (χ3n) is 7.72. The predicted octanol–water partition coefficient (Wildman–Crippen LogP) is 3.65. The van der Waals surface area contributed by atoms with Crippen molar-refractivity contribution in [3.8, 4) is 16.9 Å². The molecule has 0 saturated heterocycles. The van der Waals surface area contributed by atoms with Crippen molar-refractivity contribution < 1.29 is 33.0 Å². The van der Waals surface area contributed by atoms with Crippen LogP contribution in [0.15, 0.2) is 71.6 Å². The van der Waals surface area contributed by atoms with Crippen molar-refractivity contribution in [1.29, 1.82) is 0 Å². The molecule has 0 fully saturated rings. The van der Waals surface area contributed by atoms with Crippen molar-refractivity contribution in [2.45, 2.75) is 37.4 Å². The van der Waals surface area contributed by atoms with Crippen LogP contribution in [0.1, 0.15) is 40.1 Å². The molecular formula is C32H39N3O7S. The number of aliphatic hydroxyl groups is 1. The molecule has 0 saturated carbocycles. The molecular weight excluding hydrogens is 570 g/mol. The Hall–Kier alpha value is -3.77. The Morgan fingerprint density at radius 1 is 1.02 bits per heavy atom. The number of hydrogen-bond donors (Lipinski definition) is 2. The van der Waals surface area contributed by atoms with Gasteiger partial charge in [-0.1, -0.05) is 43.3 Å². The van der Waals surface area contributed by atoms with Crippen molar-refractivity contribution in [3.63, 3.8) is 0 Å². The summed E-state index contributed by atoms with van der Waals surface area (Å²) in [6, 6.07) is 18.2. The molecule has 3 atom stereocenters. The fourth-order valence-corrected chi connectivity index (χ4v) is 7.04. The Labute approximate surface area is 253 Å². The van der Waals surface area contributed by atoms with E-state index in [0.29, 0.717) is 24.2 Å². The Balaban J connectivity index is 1.71. The van der Waals surface area contributed by atoms with E-state index in [2.05, 4.69) is 0 Å². The van der Waals surface area contributed by atoms with Gasteiger partial charge in [-0.3, -0.25) is 9.69 Å². The lowest BCUT2D eigenvalue weighted by atomic mass is 10.0. The first-order valence-electron chi connectivity index (χ1n) is 14.1. The van der Waals surface area contributed by atoms with Gasteiger partial charge in [0.2, 0.25) is 10.0 Å². The van der Waals surface area contributed by atoms with Crippen molar-refractivity contribution >= 4 is 21.9 Å². The monoisotopic (exact) mass is 609 g/mol. The highest BCUT2D eigenvalue weighted by Gasteiger charge is 2.38. The average Bonchev–Trinajstić information content (AvgIpc) is 2.98. The molecule has 0 bridgehead atoms. The molecule has 11 heteroatoms. The number of rotatable bonds is 9. The number of fused-ring (bicyclic) bond motifs is 1. The van der Waals surface area contributed by atoms with Gasteiger partial charge >= 0.3 is 5.97 Å². The molecule has 43 heavy (non-hydrogen) atoms. The summed E-state index contributed by atoms with van der Waals surface area (Å²) in [5.74, 6) is -1.20. The molecule has 0 spiro atoms. The van der Waals surface area contributed by atoms with E-state index in [1.54, 1.807) is 69.6 Å². The van der Waals surface area contributed by atoms with E-state index < -0.39 is 28.1 Å². The Morgan fingerprint density at radius 3 is 2.30 bits per heavy atom. The second-order valence-electron chi connectivity index (χ2n) is 11.3. The van der Waals surface area contributed by atoms with Crippen LogP contribution in [0.4, 0.5) is 0 Å². The number of nitrogens with zero attached hydrogens (tertiary/aromatic N) is 3. The number of carbonyl (C=O) groups excluding carboxylic acids is 1. The molecule has 0 radical (unpaired) electrons. The lowest BCUT2D eigenvalue weighted by Gasteiger charge is -2.37. The quantitative estimate of drug-likeness (QED) is 0.377. The van der Waals surface area contributed by atoms with E-state index in [-0.39, 0.29) is 41.2 Å². The van der Waals surface area contributed by atoms with Crippen LogP contribution in [-0.2, 0) is 16.6 Å². The molecule has 1 heterocycles. The summed E-state index contributed by atoms with van der Waals surface area (Å²) >= 11 is 0. The number of benzene rings is 3. The molecule has 2 N–H and O–H groups in total. The standard InChI is InChI=1S/C32H39N3O7S/c1-21-17-35(22(2)20-36)43(40,41)30-15-14-25(23-10-12-24(13-11-23)31(37)33(3)4)16-28(30)42-29(21)19-34(5)18-26-8-6-7-9-27(26)32(38)39/h6-16,21-22,29,36H,17-20H2,1-5H3,(H,38,39)/t21-,22-,29-/m1/s1. The minimum Gasteiger partial charge on any atom is -0.487 e. The average molecular weight is 610 g/mol. The Morgan fingerprint density at radius 2 is 1.67 bits per heavy atom. The number of carbonyl (C=O) groups is 2. The van der Waals surface area contributed by atoms with Gasteiger partial charge in [0.15, 0.2) is 0 Å². The number of aromatic carboxylic acids is 1. The number of likely N-dealkylation sites (N-methyl/N-ethyl adjacent to an activating group) is 1. The van der Waals surface area contributed by atoms with E-state index in [9.17, 15) is 28.2 Å². The lowest BCUT2D eigenvalue weighted by Crippen LogP contribution is -2.49. The number of sulfonamides is 1. The van der Waals surface area contributed by atoms with Crippen LogP contribution >= 0.6 is 0 Å². The number of hydrogen-bond acceptors (Lipinski definition) is 7. The van der Waals surface area contributed by atoms with Crippen molar-refractivity contribution in [2.24, 2.45) is 5.92 Å². The van der Waals surface area contributed by atoms with Crippen LogP contribution in [0.2, 0.25) is 0 Å². The minimum absolute atomic E-state index is 0.00623. The summed E-state index contributed by atoms with van der Waals surface area (Å²) in [6.45, 7) is 4.12. The minimum atomic E-state index is -4.01. The molecule has 1 amide bonds. The second kappa shape index (κ2) is 13.3. The maximum absolute atomic E-state index is 13.9. The largest absolute Gasteiger partial charge is 0.487 e. The zero-order valence-electron chi connectivity index (χ0n) is 25.1. The highest BCUT2D eigenvalue weighted by atomic mass is 32.2. The van der Waals surface area contributed by atoms with E-state index in [1.165, 1.54) is 15.3 Å². The molecule has 230 valence electrons. The summed E-state index contributed by atoms with van der Waals surface area (Å²) in [5.41, 5.74) is 2.93. The predicted molar refractivity (Wildman–Crippen MR) is 164 cm³/mol. The second-order valence-corrected chi connectivity index (χ2v) is 13.2. The first-order valence-corrected chi connectivity index (χ1v) is 15.5. The van der Waals surface area contributed by atoms with Crippen LogP contribution in [0.3, 0.4) is 0 Å². The zero-order valence-corrected chi connectivity index (χ0v) is 25.9. The maximum Gasteiger partial charge on any atom is 0.336 e. The van der Waals surface area contributed by atoms with Crippen LogP contribution in [0.5, 0.6) is 5.75 Å². The summed E-state index contributed by atoms with van der Waals surface area (Å²) < 4.78 is 35.5. The van der Waals surface area contributed by atoms with Crippen molar-refractivity contribution in [1.82, 2.24) is 14.1 Å². The molecule has 3 aromatic rings. The number of carboxylic acids is 1. The normalized spacial score (nSPS) is 19.0. The molecule has 0 aromatic heterocycles. The first-order chi connectivity index (χ1) is 20.3. The van der Waals surface area contributed by atoms with Gasteiger partial charge in [0, 0.05) is 51.3 Å². The van der Waals surface area contributed by atoms with Crippen LogP contribution in [0.25, 0.3) is 11.1 Å². The van der Waals surface area contributed by atoms with E-state index in [4.69, 9.17) is 4.74 Å². The summed E-state index contributed by atoms with van der Waals surface area (Å²) in [6.07, 6.45) is -0.458. The zero-order chi connectivity index (χ0) is 31.5. The smallest absolute Gasteiger partial charge is 0.336 e. The third-order valence-corrected chi connectivity index (χ3v) is 9.74. The van der Waals surface area contributed by atoms with Gasteiger partial charge in [0.05, 0.1) is 12.2 Å². The van der Waals surface area contributed by atoms with E-state index in [1.807, 2.05) is 31.0 Å². The molecule has 1 aliphatic rings. The molecule has 3 aromatic carbocycles. The summed E-state index contributed by atoms with van der Waals surface area (Å²) in [7, 11) is 1.23. The number of carboxylic acid groups (broad SMARTS) is 1. The SMILES string of the molecule is C[C@@H]1CN([C@H](C)CO)S(=O)(=O)c2ccc(-c3ccc(C(=O)N(C)C)cc3)cc2O[C@@H]1CN(C)Cc1ccccc1C(=O)O. The van der Waals surface area contributed by atoms with Crippen LogP contribution in [-0.4, -0.2) is 97.6 Å². The fourth-order valence-electron chi connectivity index (χ4n) is 5.22. The lowest BCUT2D eigenvalue weighted by molar-refractivity contribution is 0.0686.